The summed E-state index contributed by atoms with van der Waals surface area (Å²) in [4.78, 5) is 11.0. The van der Waals surface area contributed by atoms with Crippen molar-refractivity contribution in [2.24, 2.45) is 5.92 Å². The molecule has 2 N–H and O–H groups in total. The topological polar surface area (TPSA) is 83.8 Å². The number of carboxylic acids is 1. The molecule has 0 amide bonds. The van der Waals surface area contributed by atoms with Crippen LogP contribution in [0, 0.1) is 5.92 Å². The van der Waals surface area contributed by atoms with Crippen molar-refractivity contribution >= 4 is 5.97 Å². The SMILES string of the molecule is CC1CC1c1ccc(C(O)c2occc2C(=O)O)o1. The summed E-state index contributed by atoms with van der Waals surface area (Å²) in [5.41, 5.74) is -0.0507. The van der Waals surface area contributed by atoms with E-state index in [4.69, 9.17) is 13.9 Å². The molecule has 0 aliphatic heterocycles. The van der Waals surface area contributed by atoms with Gasteiger partial charge < -0.3 is 19.0 Å². The van der Waals surface area contributed by atoms with Crippen molar-refractivity contribution in [3.63, 3.8) is 0 Å². The average Bonchev–Trinajstić information content (AvgIpc) is 2.90. The van der Waals surface area contributed by atoms with E-state index in [9.17, 15) is 9.90 Å². The summed E-state index contributed by atoms with van der Waals surface area (Å²) < 4.78 is 10.7. The number of aromatic carboxylic acids is 1. The van der Waals surface area contributed by atoms with Gasteiger partial charge in [0.1, 0.15) is 17.1 Å². The molecular formula is C14H14O5. The Balaban J connectivity index is 1.87. The van der Waals surface area contributed by atoms with Gasteiger partial charge in [-0.15, -0.1) is 0 Å². The van der Waals surface area contributed by atoms with Crippen LogP contribution in [0.2, 0.25) is 0 Å². The van der Waals surface area contributed by atoms with Crippen LogP contribution < -0.4 is 0 Å². The molecule has 3 unspecified atom stereocenters. The highest BCUT2D eigenvalue weighted by Gasteiger charge is 2.37. The first-order valence-corrected chi connectivity index (χ1v) is 6.16. The van der Waals surface area contributed by atoms with Gasteiger partial charge in [-0.3, -0.25) is 0 Å². The van der Waals surface area contributed by atoms with E-state index in [2.05, 4.69) is 6.92 Å². The Labute approximate surface area is 109 Å². The number of hydrogen-bond acceptors (Lipinski definition) is 4. The molecule has 1 aliphatic rings. The zero-order valence-electron chi connectivity index (χ0n) is 10.4. The highest BCUT2D eigenvalue weighted by atomic mass is 16.4. The highest BCUT2D eigenvalue weighted by molar-refractivity contribution is 5.88. The molecule has 0 saturated heterocycles. The van der Waals surface area contributed by atoms with Crippen molar-refractivity contribution < 1.29 is 23.8 Å². The van der Waals surface area contributed by atoms with Crippen LogP contribution in [0.5, 0.6) is 0 Å². The van der Waals surface area contributed by atoms with E-state index in [1.165, 1.54) is 12.3 Å². The molecule has 0 aromatic carbocycles. The lowest BCUT2D eigenvalue weighted by atomic mass is 10.1. The molecule has 5 heteroatoms. The molecule has 0 radical (unpaired) electrons. The number of furan rings is 2. The molecule has 5 nitrogen and oxygen atoms in total. The summed E-state index contributed by atoms with van der Waals surface area (Å²) in [6, 6.07) is 4.81. The second-order valence-electron chi connectivity index (χ2n) is 4.97. The summed E-state index contributed by atoms with van der Waals surface area (Å²) in [5.74, 6) is 1.03. The third-order valence-corrected chi connectivity index (χ3v) is 3.57. The van der Waals surface area contributed by atoms with Crippen molar-refractivity contribution in [1.82, 2.24) is 0 Å². The van der Waals surface area contributed by atoms with Crippen LogP contribution in [0.3, 0.4) is 0 Å². The predicted octanol–water partition coefficient (Wildman–Crippen LogP) is 2.78. The van der Waals surface area contributed by atoms with E-state index in [1.54, 1.807) is 6.07 Å². The van der Waals surface area contributed by atoms with Gasteiger partial charge in [0.15, 0.2) is 11.9 Å². The molecule has 1 fully saturated rings. The molecule has 3 atom stereocenters. The van der Waals surface area contributed by atoms with Gasteiger partial charge in [0.25, 0.3) is 0 Å². The van der Waals surface area contributed by atoms with Gasteiger partial charge in [-0.2, -0.15) is 0 Å². The van der Waals surface area contributed by atoms with E-state index < -0.39 is 12.1 Å². The minimum Gasteiger partial charge on any atom is -0.478 e. The Morgan fingerprint density at radius 1 is 1.42 bits per heavy atom. The molecule has 0 spiro atoms. The first kappa shape index (κ1) is 12.0. The molecule has 1 saturated carbocycles. The minimum absolute atomic E-state index is 0.00255. The number of aliphatic hydroxyl groups excluding tert-OH is 1. The maximum absolute atomic E-state index is 11.0. The summed E-state index contributed by atoms with van der Waals surface area (Å²) in [5, 5.41) is 19.1. The fourth-order valence-corrected chi connectivity index (χ4v) is 2.27. The van der Waals surface area contributed by atoms with E-state index >= 15 is 0 Å². The zero-order valence-corrected chi connectivity index (χ0v) is 10.4. The lowest BCUT2D eigenvalue weighted by Gasteiger charge is -2.05. The second-order valence-corrected chi connectivity index (χ2v) is 4.97. The van der Waals surface area contributed by atoms with E-state index in [-0.39, 0.29) is 11.3 Å². The Morgan fingerprint density at radius 3 is 2.79 bits per heavy atom. The van der Waals surface area contributed by atoms with Crippen LogP contribution in [-0.2, 0) is 0 Å². The molecule has 2 heterocycles. The monoisotopic (exact) mass is 262 g/mol. The van der Waals surface area contributed by atoms with Crippen LogP contribution in [0.15, 0.2) is 33.3 Å². The number of hydrogen-bond donors (Lipinski definition) is 2. The van der Waals surface area contributed by atoms with Crippen molar-refractivity contribution in [2.75, 3.05) is 0 Å². The standard InChI is InChI=1S/C14H14O5/c1-7-6-9(7)10-2-3-11(19-10)12(15)13-8(14(16)17)4-5-18-13/h2-5,7,9,12,15H,6H2,1H3,(H,16,17). The van der Waals surface area contributed by atoms with Crippen LogP contribution in [0.4, 0.5) is 0 Å². The zero-order chi connectivity index (χ0) is 13.6. The number of carbonyl (C=O) groups is 1. The van der Waals surface area contributed by atoms with Crippen molar-refractivity contribution in [2.45, 2.75) is 25.4 Å². The first-order valence-electron chi connectivity index (χ1n) is 6.16. The van der Waals surface area contributed by atoms with E-state index in [0.29, 0.717) is 17.6 Å². The predicted molar refractivity (Wildman–Crippen MR) is 65.0 cm³/mol. The third kappa shape index (κ3) is 2.06. The van der Waals surface area contributed by atoms with Gasteiger partial charge >= 0.3 is 5.97 Å². The number of carboxylic acid groups (broad SMARTS) is 1. The summed E-state index contributed by atoms with van der Waals surface area (Å²) in [7, 11) is 0. The molecule has 2 aromatic heterocycles. The molecular weight excluding hydrogens is 248 g/mol. The third-order valence-electron chi connectivity index (χ3n) is 3.57. The van der Waals surface area contributed by atoms with Crippen molar-refractivity contribution in [3.8, 4) is 0 Å². The van der Waals surface area contributed by atoms with Gasteiger partial charge in [0, 0.05) is 5.92 Å². The lowest BCUT2D eigenvalue weighted by Crippen LogP contribution is -2.04. The molecule has 1 aliphatic carbocycles. The summed E-state index contributed by atoms with van der Waals surface area (Å²) >= 11 is 0. The normalized spacial score (nSPS) is 23.3. The van der Waals surface area contributed by atoms with Crippen LogP contribution in [0.25, 0.3) is 0 Å². The number of aliphatic hydroxyl groups is 1. The summed E-state index contributed by atoms with van der Waals surface area (Å²) in [6.07, 6.45) is 1.14. The molecule has 100 valence electrons. The lowest BCUT2D eigenvalue weighted by molar-refractivity contribution is 0.0685. The van der Waals surface area contributed by atoms with Gasteiger partial charge in [-0.1, -0.05) is 6.92 Å². The quantitative estimate of drug-likeness (QED) is 0.885. The molecule has 3 rings (SSSR count). The summed E-state index contributed by atoms with van der Waals surface area (Å²) in [6.45, 7) is 2.14. The van der Waals surface area contributed by atoms with E-state index in [0.717, 1.165) is 12.2 Å². The average molecular weight is 262 g/mol. The minimum atomic E-state index is -1.19. The molecule has 19 heavy (non-hydrogen) atoms. The largest absolute Gasteiger partial charge is 0.478 e. The Bertz CT molecular complexity index is 609. The van der Waals surface area contributed by atoms with E-state index in [1.807, 2.05) is 6.07 Å². The maximum Gasteiger partial charge on any atom is 0.339 e. The van der Waals surface area contributed by atoms with Gasteiger partial charge in [-0.05, 0) is 30.5 Å². The molecule has 2 aromatic rings. The Hall–Kier alpha value is -2.01. The van der Waals surface area contributed by atoms with Crippen LogP contribution in [0.1, 0.15) is 53.0 Å². The smallest absolute Gasteiger partial charge is 0.339 e. The maximum atomic E-state index is 11.0. The Kier molecular flexibility index (Phi) is 2.71. The van der Waals surface area contributed by atoms with Gasteiger partial charge in [0.2, 0.25) is 0 Å². The first-order chi connectivity index (χ1) is 9.08. The fourth-order valence-electron chi connectivity index (χ4n) is 2.27. The van der Waals surface area contributed by atoms with Crippen LogP contribution in [-0.4, -0.2) is 16.2 Å². The number of rotatable bonds is 4. The van der Waals surface area contributed by atoms with Crippen molar-refractivity contribution in [1.29, 1.82) is 0 Å². The fraction of sp³-hybridized carbons (Fsp3) is 0.357. The highest BCUT2D eigenvalue weighted by Crippen LogP contribution is 2.47. The Morgan fingerprint density at radius 2 is 2.16 bits per heavy atom. The van der Waals surface area contributed by atoms with Crippen LogP contribution >= 0.6 is 0 Å². The van der Waals surface area contributed by atoms with Gasteiger partial charge in [-0.25, -0.2) is 4.79 Å². The molecule has 0 bridgehead atoms. The second kappa shape index (κ2) is 4.28. The van der Waals surface area contributed by atoms with Crippen molar-refractivity contribution in [3.05, 3.63) is 47.3 Å². The van der Waals surface area contributed by atoms with Gasteiger partial charge in [0.05, 0.1) is 6.26 Å².